The summed E-state index contributed by atoms with van der Waals surface area (Å²) in [5.41, 5.74) is 0. The van der Waals surface area contributed by atoms with Gasteiger partial charge in [0.2, 0.25) is 0 Å². The SMILES string of the molecule is C=CCNC(=NCCc1ccco1)N1CCC(C(=O)OC)CC1.I. The first-order chi connectivity index (χ1) is 11.2. The van der Waals surface area contributed by atoms with Crippen molar-refractivity contribution in [3.8, 4) is 0 Å². The van der Waals surface area contributed by atoms with Crippen molar-refractivity contribution < 1.29 is 13.9 Å². The van der Waals surface area contributed by atoms with Crippen LogP contribution in [0.5, 0.6) is 0 Å². The molecule has 0 atom stereocenters. The molecule has 1 saturated heterocycles. The molecule has 1 fully saturated rings. The molecule has 1 aromatic rings. The number of aliphatic imine (C=N–C) groups is 1. The van der Waals surface area contributed by atoms with Crippen molar-refractivity contribution in [2.75, 3.05) is 33.3 Å². The van der Waals surface area contributed by atoms with Crippen LogP contribution in [0, 0.1) is 5.92 Å². The van der Waals surface area contributed by atoms with E-state index in [1.54, 1.807) is 6.26 Å². The molecule has 134 valence electrons. The maximum Gasteiger partial charge on any atom is 0.308 e. The van der Waals surface area contributed by atoms with Gasteiger partial charge in [-0.25, -0.2) is 0 Å². The van der Waals surface area contributed by atoms with Gasteiger partial charge in [-0.15, -0.1) is 30.6 Å². The third-order valence-corrected chi connectivity index (χ3v) is 3.93. The smallest absolute Gasteiger partial charge is 0.308 e. The minimum Gasteiger partial charge on any atom is -0.469 e. The Kier molecular flexibility index (Phi) is 9.51. The van der Waals surface area contributed by atoms with Gasteiger partial charge in [0.25, 0.3) is 0 Å². The number of likely N-dealkylation sites (tertiary alicyclic amines) is 1. The number of nitrogens with one attached hydrogen (secondary N) is 1. The number of hydrogen-bond donors (Lipinski definition) is 1. The van der Waals surface area contributed by atoms with E-state index in [9.17, 15) is 4.79 Å². The average Bonchev–Trinajstić information content (AvgIpc) is 3.11. The van der Waals surface area contributed by atoms with Crippen LogP contribution in [-0.4, -0.2) is 50.1 Å². The average molecular weight is 447 g/mol. The third-order valence-electron chi connectivity index (χ3n) is 3.93. The first kappa shape index (κ1) is 20.5. The van der Waals surface area contributed by atoms with Gasteiger partial charge in [-0.2, -0.15) is 0 Å². The maximum atomic E-state index is 11.6. The van der Waals surface area contributed by atoms with Crippen LogP contribution in [0.1, 0.15) is 18.6 Å². The molecule has 1 aliphatic heterocycles. The van der Waals surface area contributed by atoms with Crippen LogP contribution in [0.4, 0.5) is 0 Å². The van der Waals surface area contributed by atoms with Crippen LogP contribution < -0.4 is 5.32 Å². The number of nitrogens with zero attached hydrogens (tertiary/aromatic N) is 2. The molecule has 0 amide bonds. The zero-order valence-corrected chi connectivity index (χ0v) is 16.4. The normalized spacial score (nSPS) is 15.5. The highest BCUT2D eigenvalue weighted by atomic mass is 127. The third kappa shape index (κ3) is 6.18. The van der Waals surface area contributed by atoms with E-state index < -0.39 is 0 Å². The van der Waals surface area contributed by atoms with Crippen LogP contribution in [-0.2, 0) is 16.0 Å². The van der Waals surface area contributed by atoms with Gasteiger partial charge in [0.05, 0.1) is 19.3 Å². The standard InChI is InChI=1S/C17H25N3O3.HI/c1-3-9-18-17(19-10-6-15-5-4-13-23-15)20-11-7-14(8-12-20)16(21)22-2;/h3-5,13-14H,1,6-12H2,2H3,(H,18,19);1H. The number of rotatable bonds is 6. The molecule has 1 aliphatic rings. The molecule has 7 heteroatoms. The minimum atomic E-state index is -0.111. The number of methoxy groups -OCH3 is 1. The fraction of sp³-hybridized carbons (Fsp3) is 0.529. The number of furan rings is 1. The summed E-state index contributed by atoms with van der Waals surface area (Å²) in [5, 5.41) is 3.29. The Balaban J connectivity index is 0.00000288. The Bertz CT molecular complexity index is 523. The van der Waals surface area contributed by atoms with E-state index in [0.717, 1.165) is 44.1 Å². The first-order valence-electron chi connectivity index (χ1n) is 7.99. The Morgan fingerprint density at radius 2 is 2.29 bits per heavy atom. The van der Waals surface area contributed by atoms with E-state index in [1.807, 2.05) is 18.2 Å². The largest absolute Gasteiger partial charge is 0.469 e. The summed E-state index contributed by atoms with van der Waals surface area (Å²) >= 11 is 0. The summed E-state index contributed by atoms with van der Waals surface area (Å²) in [6.45, 7) is 6.64. The number of guanidine groups is 1. The van der Waals surface area contributed by atoms with E-state index in [-0.39, 0.29) is 35.9 Å². The minimum absolute atomic E-state index is 0. The van der Waals surface area contributed by atoms with E-state index >= 15 is 0 Å². The Morgan fingerprint density at radius 3 is 2.88 bits per heavy atom. The van der Waals surface area contributed by atoms with Gasteiger partial charge in [0, 0.05) is 32.6 Å². The van der Waals surface area contributed by atoms with Crippen LogP contribution in [0.2, 0.25) is 0 Å². The summed E-state index contributed by atoms with van der Waals surface area (Å²) in [5.74, 6) is 1.68. The highest BCUT2D eigenvalue weighted by Gasteiger charge is 2.26. The molecule has 0 aliphatic carbocycles. The molecule has 1 N–H and O–H groups in total. The van der Waals surface area contributed by atoms with E-state index in [4.69, 9.17) is 9.15 Å². The summed E-state index contributed by atoms with van der Waals surface area (Å²) in [6.07, 6.45) is 5.83. The molecular formula is C17H26IN3O3. The molecule has 0 aromatic carbocycles. The van der Waals surface area contributed by atoms with Gasteiger partial charge in [0.1, 0.15) is 5.76 Å². The van der Waals surface area contributed by atoms with Crippen LogP contribution in [0.3, 0.4) is 0 Å². The van der Waals surface area contributed by atoms with Crippen molar-refractivity contribution in [2.45, 2.75) is 19.3 Å². The van der Waals surface area contributed by atoms with Gasteiger partial charge >= 0.3 is 5.97 Å². The monoisotopic (exact) mass is 447 g/mol. The number of carbonyl (C=O) groups excluding carboxylic acids is 1. The van der Waals surface area contributed by atoms with E-state index in [1.165, 1.54) is 7.11 Å². The highest BCUT2D eigenvalue weighted by Crippen LogP contribution is 2.18. The number of hydrogen-bond acceptors (Lipinski definition) is 4. The molecule has 0 radical (unpaired) electrons. The molecule has 0 saturated carbocycles. The Morgan fingerprint density at radius 1 is 1.54 bits per heavy atom. The second-order valence-corrected chi connectivity index (χ2v) is 5.49. The second kappa shape index (κ2) is 11.1. The van der Waals surface area contributed by atoms with E-state index in [2.05, 4.69) is 21.8 Å². The molecule has 1 aromatic heterocycles. The Hall–Kier alpha value is -1.51. The predicted molar refractivity (Wildman–Crippen MR) is 105 cm³/mol. The van der Waals surface area contributed by atoms with Crippen molar-refractivity contribution in [2.24, 2.45) is 10.9 Å². The van der Waals surface area contributed by atoms with Crippen molar-refractivity contribution in [3.05, 3.63) is 36.8 Å². The van der Waals surface area contributed by atoms with Gasteiger partial charge in [0.15, 0.2) is 5.96 Å². The molecule has 2 heterocycles. The molecule has 0 spiro atoms. The summed E-state index contributed by atoms with van der Waals surface area (Å²) in [6, 6.07) is 3.84. The number of halogens is 1. The maximum absolute atomic E-state index is 11.6. The van der Waals surface area contributed by atoms with Crippen molar-refractivity contribution in [3.63, 3.8) is 0 Å². The van der Waals surface area contributed by atoms with Crippen LogP contribution >= 0.6 is 24.0 Å². The quantitative estimate of drug-likeness (QED) is 0.239. The van der Waals surface area contributed by atoms with E-state index in [0.29, 0.717) is 13.1 Å². The highest BCUT2D eigenvalue weighted by molar-refractivity contribution is 14.0. The molecule has 6 nitrogen and oxygen atoms in total. The lowest BCUT2D eigenvalue weighted by molar-refractivity contribution is -0.146. The Labute approximate surface area is 160 Å². The topological polar surface area (TPSA) is 67.1 Å². The van der Waals surface area contributed by atoms with Gasteiger partial charge < -0.3 is 19.4 Å². The van der Waals surface area contributed by atoms with Gasteiger partial charge in [-0.1, -0.05) is 6.08 Å². The second-order valence-electron chi connectivity index (χ2n) is 5.49. The van der Waals surface area contributed by atoms with Crippen molar-refractivity contribution in [1.29, 1.82) is 0 Å². The number of ether oxygens (including phenoxy) is 1. The fourth-order valence-electron chi connectivity index (χ4n) is 2.65. The summed E-state index contributed by atoms with van der Waals surface area (Å²) in [4.78, 5) is 18.5. The first-order valence-corrected chi connectivity index (χ1v) is 7.99. The predicted octanol–water partition coefficient (Wildman–Crippen LogP) is 2.46. The van der Waals surface area contributed by atoms with Gasteiger partial charge in [-0.05, 0) is 25.0 Å². The summed E-state index contributed by atoms with van der Waals surface area (Å²) in [7, 11) is 1.45. The molecular weight excluding hydrogens is 421 g/mol. The number of esters is 1. The van der Waals surface area contributed by atoms with Crippen molar-refractivity contribution >= 4 is 35.9 Å². The number of piperidine rings is 1. The van der Waals surface area contributed by atoms with Gasteiger partial charge in [-0.3, -0.25) is 9.79 Å². The van der Waals surface area contributed by atoms with Crippen LogP contribution in [0.15, 0.2) is 40.5 Å². The zero-order valence-electron chi connectivity index (χ0n) is 14.1. The lowest BCUT2D eigenvalue weighted by Crippen LogP contribution is -2.46. The van der Waals surface area contributed by atoms with Crippen molar-refractivity contribution in [1.82, 2.24) is 10.2 Å². The van der Waals surface area contributed by atoms with Crippen LogP contribution in [0.25, 0.3) is 0 Å². The molecule has 2 rings (SSSR count). The molecule has 0 bridgehead atoms. The lowest BCUT2D eigenvalue weighted by atomic mass is 9.97. The molecule has 24 heavy (non-hydrogen) atoms. The zero-order chi connectivity index (χ0) is 16.5. The fourth-order valence-corrected chi connectivity index (χ4v) is 2.65. The number of carbonyl (C=O) groups is 1. The lowest BCUT2D eigenvalue weighted by Gasteiger charge is -2.33. The molecule has 0 unspecified atom stereocenters. The summed E-state index contributed by atoms with van der Waals surface area (Å²) < 4.78 is 10.2.